The Balaban J connectivity index is 2.40. The molecule has 0 saturated heterocycles. The van der Waals surface area contributed by atoms with Crippen LogP contribution in [-0.4, -0.2) is 23.0 Å². The van der Waals surface area contributed by atoms with Gasteiger partial charge in [-0.1, -0.05) is 6.92 Å². The van der Waals surface area contributed by atoms with Gasteiger partial charge in [-0.3, -0.25) is 4.79 Å². The van der Waals surface area contributed by atoms with E-state index in [2.05, 4.69) is 5.32 Å². The quantitative estimate of drug-likeness (QED) is 0.618. The van der Waals surface area contributed by atoms with Gasteiger partial charge in [-0.15, -0.1) is 0 Å². The molecule has 0 aliphatic heterocycles. The van der Waals surface area contributed by atoms with Crippen LogP contribution in [0.1, 0.15) is 26.2 Å². The average Bonchev–Trinajstić information content (AvgIpc) is 1.96. The Bertz CT molecular complexity index is 202. The zero-order chi connectivity index (χ0) is 9.14. The van der Waals surface area contributed by atoms with Crippen molar-refractivity contribution in [3.63, 3.8) is 0 Å². The molecule has 0 radical (unpaired) electrons. The lowest BCUT2D eigenvalue weighted by atomic mass is 9.86. The number of rotatable bonds is 1. The van der Waals surface area contributed by atoms with Crippen LogP contribution >= 0.6 is 0 Å². The minimum atomic E-state index is -0.999. The molecule has 68 valence electrons. The van der Waals surface area contributed by atoms with Gasteiger partial charge in [-0.25, -0.2) is 4.79 Å². The Kier molecular flexibility index (Phi) is 2.68. The largest absolute Gasteiger partial charge is 0.465 e. The Hall–Kier alpha value is -1.06. The minimum absolute atomic E-state index is 0.00981. The molecular weight excluding hydrogens is 158 g/mol. The summed E-state index contributed by atoms with van der Waals surface area (Å²) in [5.41, 5.74) is 0. The molecule has 1 aliphatic carbocycles. The molecule has 2 N–H and O–H groups in total. The normalized spacial score (nSPS) is 29.9. The molecule has 2 unspecified atom stereocenters. The molecule has 0 heterocycles. The van der Waals surface area contributed by atoms with Gasteiger partial charge in [0.1, 0.15) is 5.78 Å². The van der Waals surface area contributed by atoms with Crippen molar-refractivity contribution >= 4 is 11.9 Å². The molecule has 4 nitrogen and oxygen atoms in total. The summed E-state index contributed by atoms with van der Waals surface area (Å²) in [6.07, 6.45) is 0.800. The number of hydrogen-bond donors (Lipinski definition) is 2. The molecule has 0 bridgehead atoms. The maximum absolute atomic E-state index is 11.1. The molecule has 0 aromatic rings. The van der Waals surface area contributed by atoms with Crippen LogP contribution in [0.15, 0.2) is 0 Å². The van der Waals surface area contributed by atoms with E-state index in [-0.39, 0.29) is 17.7 Å². The molecule has 12 heavy (non-hydrogen) atoms. The second kappa shape index (κ2) is 3.56. The summed E-state index contributed by atoms with van der Waals surface area (Å²) < 4.78 is 0. The Morgan fingerprint density at radius 1 is 1.67 bits per heavy atom. The number of nitrogens with one attached hydrogen (secondary N) is 1. The van der Waals surface area contributed by atoms with Crippen molar-refractivity contribution in [1.29, 1.82) is 0 Å². The second-order valence-corrected chi connectivity index (χ2v) is 3.29. The average molecular weight is 171 g/mol. The van der Waals surface area contributed by atoms with Gasteiger partial charge in [-0.2, -0.15) is 0 Å². The van der Waals surface area contributed by atoms with Gasteiger partial charge >= 0.3 is 6.09 Å². The molecule has 1 amide bonds. The van der Waals surface area contributed by atoms with E-state index < -0.39 is 6.09 Å². The monoisotopic (exact) mass is 171 g/mol. The maximum Gasteiger partial charge on any atom is 0.404 e. The van der Waals surface area contributed by atoms with Gasteiger partial charge in [-0.05, 0) is 12.8 Å². The standard InChI is InChI=1S/C8H13NO3/c1-5-4-6(9-8(11)12)2-3-7(5)10/h5-6,9H,2-4H2,1H3,(H,11,12). The number of carbonyl (C=O) groups excluding carboxylic acids is 1. The highest BCUT2D eigenvalue weighted by Gasteiger charge is 2.25. The molecule has 0 aromatic heterocycles. The van der Waals surface area contributed by atoms with Crippen LogP contribution in [0.2, 0.25) is 0 Å². The van der Waals surface area contributed by atoms with E-state index in [1.807, 2.05) is 6.92 Å². The zero-order valence-electron chi connectivity index (χ0n) is 7.04. The van der Waals surface area contributed by atoms with Gasteiger partial charge in [0.05, 0.1) is 0 Å². The maximum atomic E-state index is 11.1. The molecule has 0 aromatic carbocycles. The van der Waals surface area contributed by atoms with Crippen LogP contribution in [0.25, 0.3) is 0 Å². The van der Waals surface area contributed by atoms with Crippen molar-refractivity contribution in [3.05, 3.63) is 0 Å². The van der Waals surface area contributed by atoms with Gasteiger partial charge in [0.25, 0.3) is 0 Å². The fourth-order valence-electron chi connectivity index (χ4n) is 1.54. The highest BCUT2D eigenvalue weighted by molar-refractivity contribution is 5.81. The topological polar surface area (TPSA) is 66.4 Å². The first kappa shape index (κ1) is 9.03. The van der Waals surface area contributed by atoms with Gasteiger partial charge in [0, 0.05) is 18.4 Å². The number of carbonyl (C=O) groups is 2. The molecule has 1 saturated carbocycles. The van der Waals surface area contributed by atoms with Crippen molar-refractivity contribution in [1.82, 2.24) is 5.32 Å². The molecular formula is C8H13NO3. The lowest BCUT2D eigenvalue weighted by Crippen LogP contribution is -2.39. The third-order valence-electron chi connectivity index (χ3n) is 2.25. The lowest BCUT2D eigenvalue weighted by molar-refractivity contribution is -0.124. The van der Waals surface area contributed by atoms with Crippen molar-refractivity contribution in [2.75, 3.05) is 0 Å². The highest BCUT2D eigenvalue weighted by Crippen LogP contribution is 2.20. The SMILES string of the molecule is CC1CC(NC(=O)O)CCC1=O. The van der Waals surface area contributed by atoms with Crippen molar-refractivity contribution in [2.45, 2.75) is 32.2 Å². The summed E-state index contributed by atoms with van der Waals surface area (Å²) in [6, 6.07) is -0.0322. The minimum Gasteiger partial charge on any atom is -0.465 e. The Labute approximate surface area is 71.0 Å². The van der Waals surface area contributed by atoms with E-state index in [1.165, 1.54) is 0 Å². The van der Waals surface area contributed by atoms with E-state index in [0.29, 0.717) is 19.3 Å². The number of Topliss-reactive ketones (excluding diaryl/α,β-unsaturated/α-hetero) is 1. The molecule has 4 heteroatoms. The predicted molar refractivity (Wildman–Crippen MR) is 43.0 cm³/mol. The first-order valence-electron chi connectivity index (χ1n) is 4.11. The first-order valence-corrected chi connectivity index (χ1v) is 4.11. The van der Waals surface area contributed by atoms with Crippen LogP contribution < -0.4 is 5.32 Å². The second-order valence-electron chi connectivity index (χ2n) is 3.29. The first-order chi connectivity index (χ1) is 5.59. The van der Waals surface area contributed by atoms with Gasteiger partial charge in [0.2, 0.25) is 0 Å². The van der Waals surface area contributed by atoms with Crippen LogP contribution in [0, 0.1) is 5.92 Å². The molecule has 2 atom stereocenters. The van der Waals surface area contributed by atoms with E-state index in [9.17, 15) is 9.59 Å². The van der Waals surface area contributed by atoms with Crippen LogP contribution in [0.4, 0.5) is 4.79 Å². The van der Waals surface area contributed by atoms with Crippen molar-refractivity contribution < 1.29 is 14.7 Å². The summed E-state index contributed by atoms with van der Waals surface area (Å²) in [5, 5.41) is 10.8. The molecule has 0 spiro atoms. The van der Waals surface area contributed by atoms with Crippen LogP contribution in [-0.2, 0) is 4.79 Å². The Morgan fingerprint density at radius 3 is 2.83 bits per heavy atom. The number of carboxylic acid groups (broad SMARTS) is 1. The fourth-order valence-corrected chi connectivity index (χ4v) is 1.54. The van der Waals surface area contributed by atoms with Crippen LogP contribution in [0.3, 0.4) is 0 Å². The van der Waals surface area contributed by atoms with E-state index in [1.54, 1.807) is 0 Å². The van der Waals surface area contributed by atoms with Gasteiger partial charge in [0.15, 0.2) is 0 Å². The van der Waals surface area contributed by atoms with E-state index in [4.69, 9.17) is 5.11 Å². The fraction of sp³-hybridized carbons (Fsp3) is 0.750. The Morgan fingerprint density at radius 2 is 2.33 bits per heavy atom. The summed E-state index contributed by atoms with van der Waals surface area (Å²) >= 11 is 0. The van der Waals surface area contributed by atoms with Crippen molar-refractivity contribution in [2.24, 2.45) is 5.92 Å². The summed E-state index contributed by atoms with van der Waals surface area (Å²) in [5.74, 6) is 0.258. The molecule has 1 fully saturated rings. The smallest absolute Gasteiger partial charge is 0.404 e. The number of hydrogen-bond acceptors (Lipinski definition) is 2. The van der Waals surface area contributed by atoms with Gasteiger partial charge < -0.3 is 10.4 Å². The number of amides is 1. The molecule has 1 aliphatic rings. The third-order valence-corrected chi connectivity index (χ3v) is 2.25. The van der Waals surface area contributed by atoms with E-state index in [0.717, 1.165) is 0 Å². The summed E-state index contributed by atoms with van der Waals surface area (Å²) in [7, 11) is 0. The third kappa shape index (κ3) is 2.22. The zero-order valence-corrected chi connectivity index (χ0v) is 7.04. The number of ketones is 1. The predicted octanol–water partition coefficient (Wildman–Crippen LogP) is 1.01. The van der Waals surface area contributed by atoms with E-state index >= 15 is 0 Å². The van der Waals surface area contributed by atoms with Crippen molar-refractivity contribution in [3.8, 4) is 0 Å². The molecule has 1 rings (SSSR count). The summed E-state index contributed by atoms with van der Waals surface area (Å²) in [4.78, 5) is 21.3. The summed E-state index contributed by atoms with van der Waals surface area (Å²) in [6.45, 7) is 1.85. The highest BCUT2D eigenvalue weighted by atomic mass is 16.4. The van der Waals surface area contributed by atoms with Crippen LogP contribution in [0.5, 0.6) is 0 Å². The lowest BCUT2D eigenvalue weighted by Gasteiger charge is -2.25.